The Bertz CT molecular complexity index is 289. The second-order valence-corrected chi connectivity index (χ2v) is 3.68. The first-order valence-electron chi connectivity index (χ1n) is 5.38. The van der Waals surface area contributed by atoms with E-state index in [2.05, 4.69) is 35.9 Å². The highest BCUT2D eigenvalue weighted by Gasteiger charge is 2.08. The van der Waals surface area contributed by atoms with Crippen LogP contribution in [0.1, 0.15) is 30.3 Å². The van der Waals surface area contributed by atoms with Gasteiger partial charge >= 0.3 is 0 Å². The Morgan fingerprint density at radius 3 is 2.57 bits per heavy atom. The van der Waals surface area contributed by atoms with E-state index >= 15 is 0 Å². The zero-order valence-electron chi connectivity index (χ0n) is 9.72. The highest BCUT2D eigenvalue weighted by Crippen LogP contribution is 2.13. The van der Waals surface area contributed by atoms with Crippen molar-refractivity contribution in [2.45, 2.75) is 40.2 Å². The van der Waals surface area contributed by atoms with Gasteiger partial charge in [0, 0.05) is 12.2 Å². The maximum absolute atomic E-state index is 4.54. The maximum Gasteiger partial charge on any atom is 0.0628 e. The molecule has 0 bridgehead atoms. The van der Waals surface area contributed by atoms with Gasteiger partial charge in [0.2, 0.25) is 0 Å². The summed E-state index contributed by atoms with van der Waals surface area (Å²) in [4.78, 5) is 0. The molecule has 1 N–H and O–H groups in total. The van der Waals surface area contributed by atoms with E-state index in [1.54, 1.807) is 0 Å². The topological polar surface area (TPSA) is 29.9 Å². The number of aryl methyl sites for hydroxylation is 2. The first-order valence-corrected chi connectivity index (χ1v) is 5.38. The van der Waals surface area contributed by atoms with Gasteiger partial charge < -0.3 is 5.32 Å². The fourth-order valence-corrected chi connectivity index (χ4v) is 1.87. The van der Waals surface area contributed by atoms with Gasteiger partial charge in [-0.05, 0) is 45.8 Å². The summed E-state index contributed by atoms with van der Waals surface area (Å²) in [5.74, 6) is 0. The fraction of sp³-hybridized carbons (Fsp3) is 0.727. The van der Waals surface area contributed by atoms with Crippen LogP contribution in [0.2, 0.25) is 0 Å². The number of nitrogens with one attached hydrogen (secondary N) is 1. The molecule has 0 aliphatic rings. The van der Waals surface area contributed by atoms with Crippen LogP contribution in [0.3, 0.4) is 0 Å². The van der Waals surface area contributed by atoms with Gasteiger partial charge in [-0.15, -0.1) is 0 Å². The van der Waals surface area contributed by atoms with Crippen molar-refractivity contribution in [1.82, 2.24) is 15.1 Å². The Kier molecular flexibility index (Phi) is 4.14. The monoisotopic (exact) mass is 195 g/mol. The highest BCUT2D eigenvalue weighted by molar-refractivity contribution is 5.24. The molecule has 14 heavy (non-hydrogen) atoms. The van der Waals surface area contributed by atoms with Crippen molar-refractivity contribution >= 4 is 0 Å². The molecule has 1 heterocycles. The normalized spacial score (nSPS) is 10.9. The zero-order chi connectivity index (χ0) is 10.6. The summed E-state index contributed by atoms with van der Waals surface area (Å²) >= 11 is 0. The summed E-state index contributed by atoms with van der Waals surface area (Å²) in [5, 5.41) is 7.69. The molecular formula is C11H21N3. The molecular weight excluding hydrogens is 174 g/mol. The molecule has 0 aliphatic heterocycles. The number of hydrogen-bond donors (Lipinski definition) is 1. The Balaban J connectivity index is 2.68. The van der Waals surface area contributed by atoms with E-state index in [9.17, 15) is 0 Å². The smallest absolute Gasteiger partial charge is 0.0628 e. The first kappa shape index (κ1) is 11.2. The van der Waals surface area contributed by atoms with Crippen molar-refractivity contribution in [2.75, 3.05) is 13.6 Å². The summed E-state index contributed by atoms with van der Waals surface area (Å²) in [7, 11) is 1.98. The molecule has 0 amide bonds. The van der Waals surface area contributed by atoms with Crippen LogP contribution in [0, 0.1) is 13.8 Å². The molecule has 0 aromatic carbocycles. The van der Waals surface area contributed by atoms with Gasteiger partial charge in [-0.2, -0.15) is 5.10 Å². The van der Waals surface area contributed by atoms with Crippen molar-refractivity contribution in [3.63, 3.8) is 0 Å². The van der Waals surface area contributed by atoms with Crippen molar-refractivity contribution in [3.8, 4) is 0 Å². The SMILES string of the molecule is CCc1c(C)nn(CCCNC)c1C. The van der Waals surface area contributed by atoms with E-state index in [0.717, 1.165) is 25.9 Å². The maximum atomic E-state index is 4.54. The largest absolute Gasteiger partial charge is 0.320 e. The van der Waals surface area contributed by atoms with Gasteiger partial charge in [0.1, 0.15) is 0 Å². The van der Waals surface area contributed by atoms with E-state index in [1.807, 2.05) is 7.05 Å². The summed E-state index contributed by atoms with van der Waals surface area (Å²) in [6.07, 6.45) is 2.23. The molecule has 80 valence electrons. The highest BCUT2D eigenvalue weighted by atomic mass is 15.3. The van der Waals surface area contributed by atoms with Crippen molar-refractivity contribution in [3.05, 3.63) is 17.0 Å². The predicted octanol–water partition coefficient (Wildman–Crippen LogP) is 1.67. The van der Waals surface area contributed by atoms with E-state index < -0.39 is 0 Å². The molecule has 0 spiro atoms. The lowest BCUT2D eigenvalue weighted by Gasteiger charge is -2.04. The standard InChI is InChI=1S/C11H21N3/c1-5-11-9(2)13-14(10(11)3)8-6-7-12-4/h12H,5-8H2,1-4H3. The number of hydrogen-bond acceptors (Lipinski definition) is 2. The Morgan fingerprint density at radius 2 is 2.07 bits per heavy atom. The summed E-state index contributed by atoms with van der Waals surface area (Å²) in [6, 6.07) is 0. The van der Waals surface area contributed by atoms with Gasteiger partial charge in [-0.3, -0.25) is 4.68 Å². The lowest BCUT2D eigenvalue weighted by atomic mass is 10.1. The fourth-order valence-electron chi connectivity index (χ4n) is 1.87. The van der Waals surface area contributed by atoms with Crippen molar-refractivity contribution in [1.29, 1.82) is 0 Å². The number of rotatable bonds is 5. The van der Waals surface area contributed by atoms with E-state index in [1.165, 1.54) is 17.0 Å². The number of nitrogens with zero attached hydrogens (tertiary/aromatic N) is 2. The first-order chi connectivity index (χ1) is 6.70. The summed E-state index contributed by atoms with van der Waals surface area (Å²) < 4.78 is 2.13. The molecule has 3 nitrogen and oxygen atoms in total. The van der Waals surface area contributed by atoms with Crippen molar-refractivity contribution < 1.29 is 0 Å². The predicted molar refractivity (Wildman–Crippen MR) is 59.6 cm³/mol. The van der Waals surface area contributed by atoms with Gasteiger partial charge in [0.25, 0.3) is 0 Å². The third-order valence-electron chi connectivity index (χ3n) is 2.68. The van der Waals surface area contributed by atoms with Crippen LogP contribution < -0.4 is 5.32 Å². The molecule has 0 atom stereocenters. The van der Waals surface area contributed by atoms with Gasteiger partial charge in [0.15, 0.2) is 0 Å². The Morgan fingerprint density at radius 1 is 1.36 bits per heavy atom. The average molecular weight is 195 g/mol. The molecule has 1 aromatic heterocycles. The minimum absolute atomic E-state index is 1.02. The molecule has 3 heteroatoms. The Labute approximate surface area is 86.5 Å². The van der Waals surface area contributed by atoms with Crippen LogP contribution in [-0.4, -0.2) is 23.4 Å². The Hall–Kier alpha value is -0.830. The molecule has 0 radical (unpaired) electrons. The molecule has 0 aliphatic carbocycles. The molecule has 1 rings (SSSR count). The molecule has 0 saturated heterocycles. The van der Waals surface area contributed by atoms with Gasteiger partial charge in [0.05, 0.1) is 5.69 Å². The summed E-state index contributed by atoms with van der Waals surface area (Å²) in [5.41, 5.74) is 3.94. The molecule has 0 fully saturated rings. The minimum Gasteiger partial charge on any atom is -0.320 e. The van der Waals surface area contributed by atoms with Crippen molar-refractivity contribution in [2.24, 2.45) is 0 Å². The van der Waals surface area contributed by atoms with Crippen LogP contribution in [0.15, 0.2) is 0 Å². The van der Waals surface area contributed by atoms with Crippen LogP contribution in [-0.2, 0) is 13.0 Å². The third-order valence-corrected chi connectivity index (χ3v) is 2.68. The van der Waals surface area contributed by atoms with Gasteiger partial charge in [-0.25, -0.2) is 0 Å². The lowest BCUT2D eigenvalue weighted by Crippen LogP contribution is -2.12. The van der Waals surface area contributed by atoms with Crippen LogP contribution in [0.4, 0.5) is 0 Å². The molecule has 0 unspecified atom stereocenters. The zero-order valence-corrected chi connectivity index (χ0v) is 9.72. The second-order valence-electron chi connectivity index (χ2n) is 3.68. The van der Waals surface area contributed by atoms with E-state index in [0.29, 0.717) is 0 Å². The van der Waals surface area contributed by atoms with Gasteiger partial charge in [-0.1, -0.05) is 6.92 Å². The lowest BCUT2D eigenvalue weighted by molar-refractivity contribution is 0.548. The summed E-state index contributed by atoms with van der Waals surface area (Å²) in [6.45, 7) is 8.53. The molecule has 0 saturated carbocycles. The third kappa shape index (κ3) is 2.35. The quantitative estimate of drug-likeness (QED) is 0.724. The van der Waals surface area contributed by atoms with Crippen LogP contribution in [0.25, 0.3) is 0 Å². The van der Waals surface area contributed by atoms with E-state index in [-0.39, 0.29) is 0 Å². The second kappa shape index (κ2) is 5.15. The molecule has 1 aromatic rings. The number of aromatic nitrogens is 2. The van der Waals surface area contributed by atoms with Crippen LogP contribution in [0.5, 0.6) is 0 Å². The van der Waals surface area contributed by atoms with E-state index in [4.69, 9.17) is 0 Å². The average Bonchev–Trinajstić information content (AvgIpc) is 2.42. The minimum atomic E-state index is 1.02. The van der Waals surface area contributed by atoms with Crippen LogP contribution >= 0.6 is 0 Å².